The van der Waals surface area contributed by atoms with Crippen LogP contribution >= 0.6 is 49.6 Å². The molecule has 40 heavy (non-hydrogen) atoms. The SMILES string of the molecule is CCCCCCCCN(CCCCN(CCCCCCCC)CCCNC(=N)N)CCCNC(=N)N.Cl.Cl.Cl.Cl. The van der Waals surface area contributed by atoms with Gasteiger partial charge in [-0.1, -0.05) is 78.1 Å². The molecular weight excluding hydrogens is 590 g/mol. The fourth-order valence-corrected chi connectivity index (χ4v) is 4.62. The van der Waals surface area contributed by atoms with Crippen LogP contribution < -0.4 is 22.1 Å². The summed E-state index contributed by atoms with van der Waals surface area (Å²) in [6.07, 6.45) is 20.6. The summed E-state index contributed by atoms with van der Waals surface area (Å²) in [7, 11) is 0. The Balaban J connectivity index is -0.00000102. The Hall–Kier alpha value is -0.380. The molecule has 0 aromatic rings. The fraction of sp³-hybridized carbons (Fsp3) is 0.929. The summed E-state index contributed by atoms with van der Waals surface area (Å²) < 4.78 is 0. The maximum Gasteiger partial charge on any atom is 0.185 e. The number of nitrogens with one attached hydrogen (secondary N) is 4. The molecule has 0 aromatic carbocycles. The molecule has 0 radical (unpaired) electrons. The Kier molecular flexibility index (Phi) is 47.6. The highest BCUT2D eigenvalue weighted by molar-refractivity contribution is 5.86. The van der Waals surface area contributed by atoms with Crippen LogP contribution in [-0.4, -0.2) is 74.1 Å². The number of guanidine groups is 2. The zero-order chi connectivity index (χ0) is 26.7. The van der Waals surface area contributed by atoms with E-state index in [-0.39, 0.29) is 61.5 Å². The summed E-state index contributed by atoms with van der Waals surface area (Å²) in [4.78, 5) is 5.24. The molecule has 246 valence electrons. The molecule has 0 aliphatic carbocycles. The van der Waals surface area contributed by atoms with Gasteiger partial charge >= 0.3 is 0 Å². The zero-order valence-electron chi connectivity index (χ0n) is 25.7. The van der Waals surface area contributed by atoms with E-state index in [1.54, 1.807) is 0 Å². The first kappa shape index (κ1) is 49.3. The first-order valence-electron chi connectivity index (χ1n) is 15.1. The predicted molar refractivity (Wildman–Crippen MR) is 187 cm³/mol. The van der Waals surface area contributed by atoms with Crippen molar-refractivity contribution in [3.63, 3.8) is 0 Å². The minimum Gasteiger partial charge on any atom is -0.370 e. The second-order valence-corrected chi connectivity index (χ2v) is 10.3. The molecule has 0 aliphatic heterocycles. The van der Waals surface area contributed by atoms with E-state index < -0.39 is 0 Å². The van der Waals surface area contributed by atoms with Gasteiger partial charge in [0.2, 0.25) is 0 Å². The van der Waals surface area contributed by atoms with Crippen LogP contribution in [0.1, 0.15) is 117 Å². The van der Waals surface area contributed by atoms with Crippen molar-refractivity contribution in [3.05, 3.63) is 0 Å². The first-order valence-corrected chi connectivity index (χ1v) is 15.1. The Morgan fingerprint density at radius 1 is 0.450 bits per heavy atom. The van der Waals surface area contributed by atoms with E-state index in [9.17, 15) is 0 Å². The van der Waals surface area contributed by atoms with Gasteiger partial charge < -0.3 is 31.9 Å². The van der Waals surface area contributed by atoms with E-state index in [1.165, 1.54) is 103 Å². The normalized spacial score (nSPS) is 10.2. The summed E-state index contributed by atoms with van der Waals surface area (Å²) in [5, 5.41) is 20.6. The van der Waals surface area contributed by atoms with Gasteiger partial charge in [-0.05, 0) is 77.8 Å². The quantitative estimate of drug-likeness (QED) is 0.0339. The molecule has 8 N–H and O–H groups in total. The molecule has 0 atom stereocenters. The summed E-state index contributed by atoms with van der Waals surface area (Å²) in [6.45, 7) is 12.9. The van der Waals surface area contributed by atoms with Crippen molar-refractivity contribution in [2.24, 2.45) is 11.5 Å². The third-order valence-electron chi connectivity index (χ3n) is 6.79. The van der Waals surface area contributed by atoms with E-state index in [1.807, 2.05) is 0 Å². The van der Waals surface area contributed by atoms with Crippen LogP contribution in [0.4, 0.5) is 0 Å². The topological polar surface area (TPSA) is 130 Å². The number of halogens is 4. The van der Waals surface area contributed by atoms with Gasteiger partial charge in [-0.15, -0.1) is 49.6 Å². The van der Waals surface area contributed by atoms with E-state index in [2.05, 4.69) is 34.3 Å². The molecular formula is C28H66Cl4N8. The summed E-state index contributed by atoms with van der Waals surface area (Å²) in [5.74, 6) is 0.142. The van der Waals surface area contributed by atoms with Crippen molar-refractivity contribution in [1.82, 2.24) is 20.4 Å². The molecule has 0 amide bonds. The number of nitrogens with two attached hydrogens (primary N) is 2. The number of nitrogens with zero attached hydrogens (tertiary/aromatic N) is 2. The number of hydrogen-bond acceptors (Lipinski definition) is 4. The van der Waals surface area contributed by atoms with Crippen LogP contribution in [-0.2, 0) is 0 Å². The van der Waals surface area contributed by atoms with Gasteiger partial charge in [0.1, 0.15) is 0 Å². The van der Waals surface area contributed by atoms with Gasteiger partial charge in [0.05, 0.1) is 0 Å². The van der Waals surface area contributed by atoms with Crippen LogP contribution in [0, 0.1) is 10.8 Å². The second kappa shape index (κ2) is 38.6. The highest BCUT2D eigenvalue weighted by atomic mass is 35.5. The molecule has 0 rings (SSSR count). The van der Waals surface area contributed by atoms with Crippen LogP contribution in [0.15, 0.2) is 0 Å². The smallest absolute Gasteiger partial charge is 0.185 e. The van der Waals surface area contributed by atoms with Gasteiger partial charge in [0, 0.05) is 13.1 Å². The predicted octanol–water partition coefficient (Wildman–Crippen LogP) is 6.53. The Bertz CT molecular complexity index is 475. The van der Waals surface area contributed by atoms with Crippen molar-refractivity contribution in [3.8, 4) is 0 Å². The minimum absolute atomic E-state index is 0. The second-order valence-electron chi connectivity index (χ2n) is 10.3. The number of unbranched alkanes of at least 4 members (excludes halogenated alkanes) is 11. The van der Waals surface area contributed by atoms with E-state index in [4.69, 9.17) is 22.3 Å². The third kappa shape index (κ3) is 37.6. The molecule has 0 fully saturated rings. The molecule has 8 nitrogen and oxygen atoms in total. The lowest BCUT2D eigenvalue weighted by atomic mass is 10.1. The Morgan fingerprint density at radius 2 is 0.700 bits per heavy atom. The number of rotatable bonds is 27. The average molecular weight is 657 g/mol. The van der Waals surface area contributed by atoms with E-state index in [0.717, 1.165) is 52.1 Å². The molecule has 0 aromatic heterocycles. The Morgan fingerprint density at radius 3 is 1.00 bits per heavy atom. The van der Waals surface area contributed by atoms with Gasteiger partial charge in [-0.3, -0.25) is 10.8 Å². The lowest BCUT2D eigenvalue weighted by molar-refractivity contribution is 0.232. The highest BCUT2D eigenvalue weighted by Gasteiger charge is 2.08. The van der Waals surface area contributed by atoms with Crippen molar-refractivity contribution in [1.29, 1.82) is 10.8 Å². The van der Waals surface area contributed by atoms with Crippen LogP contribution in [0.2, 0.25) is 0 Å². The van der Waals surface area contributed by atoms with Gasteiger partial charge in [0.25, 0.3) is 0 Å². The maximum absolute atomic E-state index is 7.35. The van der Waals surface area contributed by atoms with E-state index in [0.29, 0.717) is 0 Å². The standard InChI is InChI=1S/C28H62N8.4ClH/c1-3-5-7-9-11-13-21-35(25-17-19-33-27(29)30)23-15-16-24-36(26-18-20-34-28(31)32)22-14-12-10-8-6-4-2;;;;/h3-26H2,1-2H3,(H4,29,30,33)(H4,31,32,34);4*1H. The van der Waals surface area contributed by atoms with Crippen LogP contribution in [0.5, 0.6) is 0 Å². The Labute approximate surface area is 272 Å². The van der Waals surface area contributed by atoms with Gasteiger partial charge in [0.15, 0.2) is 11.9 Å². The van der Waals surface area contributed by atoms with Crippen molar-refractivity contribution in [2.75, 3.05) is 52.4 Å². The van der Waals surface area contributed by atoms with E-state index >= 15 is 0 Å². The van der Waals surface area contributed by atoms with Gasteiger partial charge in [-0.25, -0.2) is 0 Å². The van der Waals surface area contributed by atoms with Crippen molar-refractivity contribution in [2.45, 2.75) is 117 Å². The zero-order valence-corrected chi connectivity index (χ0v) is 28.9. The molecule has 12 heteroatoms. The highest BCUT2D eigenvalue weighted by Crippen LogP contribution is 2.09. The maximum atomic E-state index is 7.35. The number of hydrogen-bond donors (Lipinski definition) is 6. The third-order valence-corrected chi connectivity index (χ3v) is 6.79. The monoisotopic (exact) mass is 654 g/mol. The van der Waals surface area contributed by atoms with Gasteiger partial charge in [-0.2, -0.15) is 0 Å². The van der Waals surface area contributed by atoms with Crippen LogP contribution in [0.3, 0.4) is 0 Å². The molecule has 0 heterocycles. The molecule has 0 saturated heterocycles. The first-order chi connectivity index (χ1) is 17.5. The molecule has 0 bridgehead atoms. The molecule has 0 spiro atoms. The molecule has 0 unspecified atom stereocenters. The lowest BCUT2D eigenvalue weighted by Gasteiger charge is -2.25. The molecule has 0 aliphatic rings. The van der Waals surface area contributed by atoms with Crippen LogP contribution in [0.25, 0.3) is 0 Å². The van der Waals surface area contributed by atoms with Crippen molar-refractivity contribution < 1.29 is 0 Å². The largest absolute Gasteiger partial charge is 0.370 e. The average Bonchev–Trinajstić information content (AvgIpc) is 2.84. The minimum atomic E-state index is 0. The summed E-state index contributed by atoms with van der Waals surface area (Å²) in [6, 6.07) is 0. The fourth-order valence-electron chi connectivity index (χ4n) is 4.62. The van der Waals surface area contributed by atoms with Crippen molar-refractivity contribution >= 4 is 61.5 Å². The molecule has 0 saturated carbocycles. The summed E-state index contributed by atoms with van der Waals surface area (Å²) >= 11 is 0. The lowest BCUT2D eigenvalue weighted by Crippen LogP contribution is -2.35. The summed E-state index contributed by atoms with van der Waals surface area (Å²) in [5.41, 5.74) is 10.9.